The van der Waals surface area contributed by atoms with Crippen LogP contribution >= 0.6 is 0 Å². The van der Waals surface area contributed by atoms with Crippen molar-refractivity contribution in [3.8, 4) is 0 Å². The van der Waals surface area contributed by atoms with Crippen molar-refractivity contribution >= 4 is 11.9 Å². The zero-order valence-corrected chi connectivity index (χ0v) is 37.3. The van der Waals surface area contributed by atoms with Crippen molar-refractivity contribution in [2.24, 2.45) is 0 Å². The minimum Gasteiger partial charge on any atom is -0.463 e. The molecule has 9 N–H and O–H groups in total. The Labute approximate surface area is 374 Å². The van der Waals surface area contributed by atoms with E-state index < -0.39 is 118 Å². The SMILES string of the molecule is CC(=O)OC[C@H]1O[C@@H](O[C@H]2[C@H](OC/C(=C\CC/C(C)=C/CC/C(C)=C/CCC3=CC(=O)OC3)CCC=C(C)C)O[C@H](CO)[C@@H](O)[C@@H]2O)[C@H](O[C@@H]2O[C@H](CO)[C@@H](O)[C@H](O)[C@H]2O)[C@@H](O)[C@@H]1O. The Kier molecular flexibility index (Phi) is 22.1. The number of esters is 2. The fourth-order valence-corrected chi connectivity index (χ4v) is 7.61. The van der Waals surface area contributed by atoms with Crippen molar-refractivity contribution in [1.82, 2.24) is 0 Å². The van der Waals surface area contributed by atoms with E-state index in [1.165, 1.54) is 11.1 Å². The summed E-state index contributed by atoms with van der Waals surface area (Å²) in [5, 5.41) is 95.9. The minimum atomic E-state index is -1.93. The molecule has 0 aromatic carbocycles. The Morgan fingerprint density at radius 1 is 0.641 bits per heavy atom. The molecule has 0 aromatic rings. The van der Waals surface area contributed by atoms with Crippen molar-refractivity contribution in [2.45, 2.75) is 178 Å². The summed E-state index contributed by atoms with van der Waals surface area (Å²) in [6, 6.07) is 0. The van der Waals surface area contributed by atoms with E-state index in [9.17, 15) is 55.5 Å². The molecule has 19 heteroatoms. The summed E-state index contributed by atoms with van der Waals surface area (Å²) < 4.78 is 45.5. The van der Waals surface area contributed by atoms with Gasteiger partial charge < -0.3 is 83.9 Å². The molecule has 364 valence electrons. The van der Waals surface area contributed by atoms with Gasteiger partial charge in [-0.1, -0.05) is 41.0 Å². The lowest BCUT2D eigenvalue weighted by atomic mass is 9.96. The van der Waals surface area contributed by atoms with Crippen LogP contribution in [0.4, 0.5) is 0 Å². The van der Waals surface area contributed by atoms with E-state index in [0.717, 1.165) is 55.7 Å². The average molecular weight is 915 g/mol. The highest BCUT2D eigenvalue weighted by Crippen LogP contribution is 2.34. The van der Waals surface area contributed by atoms with Crippen LogP contribution in [0.15, 0.2) is 58.2 Å². The molecule has 4 aliphatic rings. The fourth-order valence-electron chi connectivity index (χ4n) is 7.61. The van der Waals surface area contributed by atoms with Gasteiger partial charge in [-0.3, -0.25) is 4.79 Å². The third-order valence-electron chi connectivity index (χ3n) is 11.5. The lowest BCUT2D eigenvalue weighted by Gasteiger charge is -2.48. The highest BCUT2D eigenvalue weighted by Gasteiger charge is 2.54. The lowest BCUT2D eigenvalue weighted by Crippen LogP contribution is -2.67. The highest BCUT2D eigenvalue weighted by molar-refractivity contribution is 5.85. The van der Waals surface area contributed by atoms with Crippen LogP contribution in [0.1, 0.15) is 86.0 Å². The van der Waals surface area contributed by atoms with E-state index in [-0.39, 0.29) is 12.6 Å². The van der Waals surface area contributed by atoms with Gasteiger partial charge in [0.2, 0.25) is 0 Å². The zero-order valence-electron chi connectivity index (χ0n) is 37.3. The maximum atomic E-state index is 11.7. The number of rotatable bonds is 23. The molecule has 64 heavy (non-hydrogen) atoms. The standard InChI is InChI=1S/C45H70O19/c1-24(2)10-6-15-28(16-8-13-25(3)11-7-12-26(4)14-9-17-29-18-33(49)58-22-29)21-59-44-41(38(54)35(51)31(20-47)61-44)64-45-42(39(55)36(52)32(62-45)23-57-27(5)48)63-43-40(56)37(53)34(50)30(19-46)60-43/h10-11,14,16,18,30-32,34-47,50-56H,6-9,12-13,15,17,19-23H2,1-5H3/b25-11+,26-14+,28-16-/t30-,31-,32-,34-,35-,36-,37+,38+,39+,40-,41-,42-,43+,44-,45+/m1/s1. The van der Waals surface area contributed by atoms with Gasteiger partial charge in [-0.05, 0) is 90.2 Å². The highest BCUT2D eigenvalue weighted by atomic mass is 16.8. The molecule has 3 saturated heterocycles. The summed E-state index contributed by atoms with van der Waals surface area (Å²) in [6.45, 7) is 7.54. The molecule has 19 nitrogen and oxygen atoms in total. The van der Waals surface area contributed by atoms with E-state index >= 15 is 0 Å². The molecule has 3 fully saturated rings. The van der Waals surface area contributed by atoms with E-state index in [1.807, 2.05) is 13.8 Å². The van der Waals surface area contributed by atoms with Crippen molar-refractivity contribution in [2.75, 3.05) is 33.0 Å². The molecule has 4 heterocycles. The molecule has 0 radical (unpaired) electrons. The molecule has 0 unspecified atom stereocenters. The number of hydrogen-bond acceptors (Lipinski definition) is 19. The van der Waals surface area contributed by atoms with E-state index in [1.54, 1.807) is 6.08 Å². The first-order valence-corrected chi connectivity index (χ1v) is 21.9. The van der Waals surface area contributed by atoms with Gasteiger partial charge >= 0.3 is 11.9 Å². The third kappa shape index (κ3) is 15.8. The Bertz CT molecular complexity index is 1640. The van der Waals surface area contributed by atoms with Crippen LogP contribution in [-0.2, 0) is 47.5 Å². The van der Waals surface area contributed by atoms with Crippen LogP contribution in [0.3, 0.4) is 0 Å². The number of aliphatic hydroxyl groups is 9. The summed E-state index contributed by atoms with van der Waals surface area (Å²) in [5.74, 6) is -1.01. The van der Waals surface area contributed by atoms with Crippen molar-refractivity contribution < 1.29 is 93.4 Å². The summed E-state index contributed by atoms with van der Waals surface area (Å²) in [4.78, 5) is 22.9. The van der Waals surface area contributed by atoms with Gasteiger partial charge in [-0.15, -0.1) is 0 Å². The molecule has 0 aromatic heterocycles. The summed E-state index contributed by atoms with van der Waals surface area (Å²) in [6.07, 6.45) is -9.23. The van der Waals surface area contributed by atoms with Crippen LogP contribution < -0.4 is 0 Å². The Hall–Kier alpha value is -2.96. The van der Waals surface area contributed by atoms with Crippen LogP contribution in [0.5, 0.6) is 0 Å². The summed E-state index contributed by atoms with van der Waals surface area (Å²) >= 11 is 0. The van der Waals surface area contributed by atoms with E-state index in [2.05, 4.69) is 38.2 Å². The quantitative estimate of drug-likeness (QED) is 0.0496. The third-order valence-corrected chi connectivity index (χ3v) is 11.5. The number of carbonyl (C=O) groups excluding carboxylic acids is 2. The number of aliphatic hydroxyl groups excluding tert-OH is 9. The van der Waals surface area contributed by atoms with Crippen molar-refractivity contribution in [1.29, 1.82) is 0 Å². The zero-order chi connectivity index (χ0) is 47.1. The monoisotopic (exact) mass is 914 g/mol. The van der Waals surface area contributed by atoms with Gasteiger partial charge in [0.05, 0.1) is 19.8 Å². The molecule has 0 spiro atoms. The molecular formula is C45H70O19. The first-order chi connectivity index (χ1) is 30.4. The smallest absolute Gasteiger partial charge is 0.331 e. The first-order valence-electron chi connectivity index (χ1n) is 21.9. The topological polar surface area (TPSA) is 290 Å². The van der Waals surface area contributed by atoms with E-state index in [4.69, 9.17) is 37.9 Å². The van der Waals surface area contributed by atoms with Gasteiger partial charge in [0.1, 0.15) is 86.5 Å². The predicted molar refractivity (Wildman–Crippen MR) is 226 cm³/mol. The maximum Gasteiger partial charge on any atom is 0.331 e. The van der Waals surface area contributed by atoms with Gasteiger partial charge in [-0.2, -0.15) is 0 Å². The molecule has 0 amide bonds. The first kappa shape index (κ1) is 53.7. The summed E-state index contributed by atoms with van der Waals surface area (Å²) in [7, 11) is 0. The number of allylic oxidation sites excluding steroid dienone is 7. The second-order valence-corrected chi connectivity index (χ2v) is 17.1. The molecular weight excluding hydrogens is 844 g/mol. The normalized spacial score (nSPS) is 35.2. The maximum absolute atomic E-state index is 11.7. The molecule has 4 aliphatic heterocycles. The number of cyclic esters (lactones) is 1. The van der Waals surface area contributed by atoms with Gasteiger partial charge in [0.15, 0.2) is 18.9 Å². The lowest BCUT2D eigenvalue weighted by molar-refractivity contribution is -0.393. The largest absolute Gasteiger partial charge is 0.463 e. The molecule has 4 rings (SSSR count). The molecule has 0 aliphatic carbocycles. The minimum absolute atomic E-state index is 0.0290. The average Bonchev–Trinajstić information content (AvgIpc) is 3.67. The Morgan fingerprint density at radius 3 is 1.77 bits per heavy atom. The van der Waals surface area contributed by atoms with Crippen molar-refractivity contribution in [3.05, 3.63) is 58.2 Å². The summed E-state index contributed by atoms with van der Waals surface area (Å²) in [5.41, 5.74) is 5.49. The van der Waals surface area contributed by atoms with Crippen molar-refractivity contribution in [3.63, 3.8) is 0 Å². The second-order valence-electron chi connectivity index (χ2n) is 17.1. The van der Waals surface area contributed by atoms with E-state index in [0.29, 0.717) is 25.9 Å². The molecule has 0 saturated carbocycles. The predicted octanol–water partition coefficient (Wildman–Crippen LogP) is 0.411. The van der Waals surface area contributed by atoms with Crippen LogP contribution in [0.25, 0.3) is 0 Å². The van der Waals surface area contributed by atoms with Crippen LogP contribution in [-0.4, -0.2) is 183 Å². The van der Waals surface area contributed by atoms with Gasteiger partial charge in [-0.25, -0.2) is 4.79 Å². The van der Waals surface area contributed by atoms with Crippen LogP contribution in [0.2, 0.25) is 0 Å². The van der Waals surface area contributed by atoms with Crippen LogP contribution in [0, 0.1) is 0 Å². The number of ether oxygens (including phenoxy) is 8. The fraction of sp³-hybridized carbons (Fsp3) is 0.733. The van der Waals surface area contributed by atoms with Gasteiger partial charge in [0.25, 0.3) is 0 Å². The van der Waals surface area contributed by atoms with Gasteiger partial charge in [0, 0.05) is 13.0 Å². The molecule has 15 atom stereocenters. The second kappa shape index (κ2) is 26.4. The number of carbonyl (C=O) groups is 2. The Morgan fingerprint density at radius 2 is 1.17 bits per heavy atom. The Balaban J connectivity index is 1.49. The molecule has 0 bridgehead atoms. The number of hydrogen-bond donors (Lipinski definition) is 9.